The van der Waals surface area contributed by atoms with Gasteiger partial charge in [-0.05, 0) is 24.3 Å². The van der Waals surface area contributed by atoms with Gasteiger partial charge in [0.25, 0.3) is 0 Å². The molecule has 106 valence electrons. The van der Waals surface area contributed by atoms with Gasteiger partial charge in [0.2, 0.25) is 0 Å². The molecule has 0 aromatic rings. The van der Waals surface area contributed by atoms with E-state index in [0.717, 1.165) is 20.0 Å². The molecule has 1 aliphatic carbocycles. The maximum Gasteiger partial charge on any atom is 0.306 e. The summed E-state index contributed by atoms with van der Waals surface area (Å²) in [4.78, 5) is 34.0. The lowest BCUT2D eigenvalue weighted by molar-refractivity contribution is -0.324. The van der Waals surface area contributed by atoms with Crippen LogP contribution in [-0.2, 0) is 19.1 Å². The molecule has 0 saturated heterocycles. The average molecular weight is 268 g/mol. The van der Waals surface area contributed by atoms with Crippen LogP contribution in [0.5, 0.6) is 0 Å². The van der Waals surface area contributed by atoms with Crippen molar-refractivity contribution in [3.05, 3.63) is 12.2 Å². The quantitative estimate of drug-likeness (QED) is 0.441. The number of esters is 1. The van der Waals surface area contributed by atoms with Crippen LogP contribution in [0.4, 0.5) is 0 Å². The number of methoxy groups -OCH3 is 1. The first-order valence-electron chi connectivity index (χ1n) is 6.05. The zero-order chi connectivity index (χ0) is 14.6. The minimum absolute atomic E-state index is 0.498. The normalized spacial score (nSPS) is 18.6. The summed E-state index contributed by atoms with van der Waals surface area (Å²) >= 11 is 0. The van der Waals surface area contributed by atoms with Gasteiger partial charge in [-0.3, -0.25) is 4.79 Å². The smallest absolute Gasteiger partial charge is 0.306 e. The number of carboxylic acid groups (broad SMARTS) is 2. The number of carboxylic acids is 2. The molecule has 1 aliphatic rings. The van der Waals surface area contributed by atoms with Gasteiger partial charge in [0.05, 0.1) is 25.5 Å². The summed E-state index contributed by atoms with van der Waals surface area (Å²) in [6.45, 7) is 3.29. The summed E-state index contributed by atoms with van der Waals surface area (Å²) in [6, 6.07) is 0. The van der Waals surface area contributed by atoms with Crippen molar-refractivity contribution >= 4 is 17.9 Å². The maximum atomic E-state index is 11.5. The van der Waals surface area contributed by atoms with Gasteiger partial charge in [-0.15, -0.1) is 0 Å². The van der Waals surface area contributed by atoms with Crippen LogP contribution in [0.25, 0.3) is 0 Å². The number of carbonyl (C=O) groups is 3. The van der Waals surface area contributed by atoms with Crippen LogP contribution in [0.3, 0.4) is 0 Å². The molecule has 0 N–H and O–H groups in total. The van der Waals surface area contributed by atoms with Crippen molar-refractivity contribution in [2.75, 3.05) is 7.11 Å². The molecule has 1 fully saturated rings. The lowest BCUT2D eigenvalue weighted by atomic mass is 9.67. The lowest BCUT2D eigenvalue weighted by Crippen LogP contribution is -2.52. The van der Waals surface area contributed by atoms with Crippen LogP contribution < -0.4 is 10.2 Å². The zero-order valence-electron chi connectivity index (χ0n) is 10.8. The van der Waals surface area contributed by atoms with Crippen molar-refractivity contribution in [1.29, 1.82) is 0 Å². The number of ether oxygens (including phenoxy) is 1. The SMILES string of the molecule is C=C(C(=O)[O-])C(CC(=O)OC)(C(=O)[O-])C1CCCC1. The number of hydrogen-bond donors (Lipinski definition) is 0. The van der Waals surface area contributed by atoms with Crippen molar-refractivity contribution < 1.29 is 29.3 Å². The molecule has 0 aromatic carbocycles. The average Bonchev–Trinajstić information content (AvgIpc) is 2.88. The highest BCUT2D eigenvalue weighted by Gasteiger charge is 2.46. The van der Waals surface area contributed by atoms with Gasteiger partial charge in [0.15, 0.2) is 0 Å². The van der Waals surface area contributed by atoms with Crippen molar-refractivity contribution in [2.45, 2.75) is 32.1 Å². The van der Waals surface area contributed by atoms with E-state index in [2.05, 4.69) is 11.3 Å². The molecule has 0 heterocycles. The highest BCUT2D eigenvalue weighted by atomic mass is 16.5. The first kappa shape index (κ1) is 15.2. The molecular formula is C13H16O6-2. The fraction of sp³-hybridized carbons (Fsp3) is 0.615. The summed E-state index contributed by atoms with van der Waals surface area (Å²) in [5, 5.41) is 22.6. The zero-order valence-corrected chi connectivity index (χ0v) is 10.8. The van der Waals surface area contributed by atoms with Crippen LogP contribution in [0, 0.1) is 11.3 Å². The van der Waals surface area contributed by atoms with E-state index in [-0.39, 0.29) is 0 Å². The predicted octanol–water partition coefficient (Wildman–Crippen LogP) is -1.22. The highest BCUT2D eigenvalue weighted by Crippen LogP contribution is 2.46. The first-order valence-corrected chi connectivity index (χ1v) is 6.05. The van der Waals surface area contributed by atoms with E-state index < -0.39 is 41.2 Å². The van der Waals surface area contributed by atoms with Gasteiger partial charge >= 0.3 is 5.97 Å². The van der Waals surface area contributed by atoms with Crippen LogP contribution in [0.15, 0.2) is 12.2 Å². The fourth-order valence-corrected chi connectivity index (χ4v) is 2.76. The van der Waals surface area contributed by atoms with Crippen molar-refractivity contribution in [3.63, 3.8) is 0 Å². The third-order valence-electron chi connectivity index (χ3n) is 3.85. The molecule has 1 atom stereocenters. The Hall–Kier alpha value is -1.85. The molecule has 6 nitrogen and oxygen atoms in total. The Balaban J connectivity index is 3.24. The van der Waals surface area contributed by atoms with E-state index in [1.165, 1.54) is 0 Å². The lowest BCUT2D eigenvalue weighted by Gasteiger charge is -2.41. The van der Waals surface area contributed by atoms with Crippen molar-refractivity contribution in [1.82, 2.24) is 0 Å². The van der Waals surface area contributed by atoms with E-state index in [4.69, 9.17) is 0 Å². The molecule has 0 amide bonds. The van der Waals surface area contributed by atoms with Crippen molar-refractivity contribution in [3.8, 4) is 0 Å². The second-order valence-electron chi connectivity index (χ2n) is 4.76. The molecular weight excluding hydrogens is 252 g/mol. The third kappa shape index (κ3) is 2.77. The van der Waals surface area contributed by atoms with E-state index in [9.17, 15) is 24.6 Å². The molecule has 1 unspecified atom stereocenters. The fourth-order valence-electron chi connectivity index (χ4n) is 2.76. The van der Waals surface area contributed by atoms with Gasteiger partial charge in [-0.25, -0.2) is 0 Å². The van der Waals surface area contributed by atoms with Crippen LogP contribution in [0.1, 0.15) is 32.1 Å². The van der Waals surface area contributed by atoms with Gasteiger partial charge in [0.1, 0.15) is 0 Å². The number of rotatable bonds is 6. The maximum absolute atomic E-state index is 11.5. The summed E-state index contributed by atoms with van der Waals surface area (Å²) < 4.78 is 4.46. The minimum atomic E-state index is -1.94. The summed E-state index contributed by atoms with van der Waals surface area (Å²) in [5.74, 6) is -4.60. The van der Waals surface area contributed by atoms with E-state index in [0.29, 0.717) is 12.8 Å². The second-order valence-corrected chi connectivity index (χ2v) is 4.76. The Kier molecular flexibility index (Phi) is 4.69. The standard InChI is InChI=1S/C13H18O6/c1-8(11(15)16)13(12(17)18,7-10(14)19-2)9-5-3-4-6-9/h9H,1,3-7H2,2H3,(H,15,16)(H,17,18)/p-2. The Labute approximate surface area is 111 Å². The topological polar surface area (TPSA) is 107 Å². The monoisotopic (exact) mass is 268 g/mol. The Bertz CT molecular complexity index is 407. The summed E-state index contributed by atoms with van der Waals surface area (Å²) in [5.41, 5.74) is -2.56. The largest absolute Gasteiger partial charge is 0.549 e. The van der Waals surface area contributed by atoms with E-state index in [1.807, 2.05) is 0 Å². The molecule has 0 aromatic heterocycles. The summed E-state index contributed by atoms with van der Waals surface area (Å²) in [6.07, 6.45) is 1.99. The van der Waals surface area contributed by atoms with Crippen LogP contribution in [0.2, 0.25) is 0 Å². The third-order valence-corrected chi connectivity index (χ3v) is 3.85. The molecule has 0 spiro atoms. The Morgan fingerprint density at radius 2 is 1.79 bits per heavy atom. The number of aliphatic carboxylic acids is 2. The van der Waals surface area contributed by atoms with Gasteiger partial charge in [-0.1, -0.05) is 19.4 Å². The Morgan fingerprint density at radius 1 is 1.26 bits per heavy atom. The van der Waals surface area contributed by atoms with Crippen LogP contribution in [-0.4, -0.2) is 25.0 Å². The molecule has 1 rings (SSSR count). The molecule has 0 bridgehead atoms. The molecule has 0 radical (unpaired) electrons. The van der Waals surface area contributed by atoms with E-state index >= 15 is 0 Å². The van der Waals surface area contributed by atoms with Gasteiger partial charge in [-0.2, -0.15) is 0 Å². The predicted molar refractivity (Wildman–Crippen MR) is 60.2 cm³/mol. The van der Waals surface area contributed by atoms with Gasteiger partial charge < -0.3 is 24.5 Å². The van der Waals surface area contributed by atoms with Crippen molar-refractivity contribution in [2.24, 2.45) is 11.3 Å². The molecule has 1 saturated carbocycles. The molecule has 0 aliphatic heterocycles. The van der Waals surface area contributed by atoms with Gasteiger partial charge in [0, 0.05) is 5.41 Å². The first-order chi connectivity index (χ1) is 8.86. The highest BCUT2D eigenvalue weighted by molar-refractivity contribution is 5.97. The van der Waals surface area contributed by atoms with Crippen LogP contribution >= 0.6 is 0 Å². The van der Waals surface area contributed by atoms with E-state index in [1.54, 1.807) is 0 Å². The Morgan fingerprint density at radius 3 is 2.16 bits per heavy atom. The molecule has 19 heavy (non-hydrogen) atoms. The molecule has 6 heteroatoms. The number of carbonyl (C=O) groups excluding carboxylic acids is 3. The number of hydrogen-bond acceptors (Lipinski definition) is 6. The second kappa shape index (κ2) is 5.86. The minimum Gasteiger partial charge on any atom is -0.549 e. The summed E-state index contributed by atoms with van der Waals surface area (Å²) in [7, 11) is 1.11.